The molecule has 1 aromatic carbocycles. The number of hydrogen-bond donors (Lipinski definition) is 1. The largest absolute Gasteiger partial charge is 0.493 e. The van der Waals surface area contributed by atoms with Crippen molar-refractivity contribution in [2.45, 2.75) is 45.8 Å². The molecule has 0 saturated carbocycles. The first kappa shape index (κ1) is 14.4. The average Bonchev–Trinajstić information content (AvgIpc) is 2.88. The van der Waals surface area contributed by atoms with Crippen molar-refractivity contribution in [1.29, 1.82) is 0 Å². The molecule has 0 aliphatic carbocycles. The molecule has 1 N–H and O–H groups in total. The zero-order valence-corrected chi connectivity index (χ0v) is 12.1. The predicted molar refractivity (Wildman–Crippen MR) is 75.4 cm³/mol. The van der Waals surface area contributed by atoms with Gasteiger partial charge in [0, 0.05) is 18.1 Å². The summed E-state index contributed by atoms with van der Waals surface area (Å²) in [6.07, 6.45) is 1.51. The molecule has 3 heteroatoms. The van der Waals surface area contributed by atoms with Crippen LogP contribution in [0, 0.1) is 12.8 Å². The Morgan fingerprint density at radius 3 is 2.89 bits per heavy atom. The van der Waals surface area contributed by atoms with Crippen LogP contribution in [0.3, 0.4) is 0 Å². The number of benzene rings is 1. The third kappa shape index (κ3) is 3.10. The van der Waals surface area contributed by atoms with Crippen molar-refractivity contribution in [2.24, 2.45) is 5.92 Å². The second-order valence-electron chi connectivity index (χ2n) is 5.19. The van der Waals surface area contributed by atoms with E-state index in [4.69, 9.17) is 9.47 Å². The minimum absolute atomic E-state index is 0.157. The Morgan fingerprint density at radius 1 is 1.42 bits per heavy atom. The minimum atomic E-state index is -0.506. The van der Waals surface area contributed by atoms with E-state index in [1.54, 1.807) is 0 Å². The monoisotopic (exact) mass is 264 g/mol. The van der Waals surface area contributed by atoms with Crippen LogP contribution in [-0.4, -0.2) is 24.4 Å². The summed E-state index contributed by atoms with van der Waals surface area (Å²) in [5.41, 5.74) is 2.04. The van der Waals surface area contributed by atoms with E-state index in [-0.39, 0.29) is 12.0 Å². The number of aliphatic hydroxyl groups is 1. The van der Waals surface area contributed by atoms with Gasteiger partial charge in [0.05, 0.1) is 18.8 Å². The Hall–Kier alpha value is -1.06. The van der Waals surface area contributed by atoms with Crippen molar-refractivity contribution in [3.05, 3.63) is 29.3 Å². The van der Waals surface area contributed by atoms with Gasteiger partial charge in [0.1, 0.15) is 5.75 Å². The van der Waals surface area contributed by atoms with Crippen LogP contribution in [-0.2, 0) is 4.74 Å². The van der Waals surface area contributed by atoms with E-state index in [1.165, 1.54) is 0 Å². The number of aliphatic hydroxyl groups excluding tert-OH is 1. The fraction of sp³-hybridized carbons (Fsp3) is 0.625. The lowest BCUT2D eigenvalue weighted by atomic mass is 9.88. The van der Waals surface area contributed by atoms with Gasteiger partial charge in [-0.05, 0) is 38.8 Å². The average molecular weight is 264 g/mol. The molecule has 106 valence electrons. The topological polar surface area (TPSA) is 38.7 Å². The van der Waals surface area contributed by atoms with Crippen LogP contribution in [0.1, 0.15) is 43.9 Å². The molecule has 19 heavy (non-hydrogen) atoms. The van der Waals surface area contributed by atoms with E-state index in [2.05, 4.69) is 6.92 Å². The SMILES string of the molecule is CCOc1ccc(C)cc1C(O)C1CCOC1CC. The molecule has 1 heterocycles. The molecule has 0 bridgehead atoms. The molecule has 0 spiro atoms. The Balaban J connectivity index is 2.26. The molecule has 1 saturated heterocycles. The van der Waals surface area contributed by atoms with Crippen LogP contribution >= 0.6 is 0 Å². The summed E-state index contributed by atoms with van der Waals surface area (Å²) in [6, 6.07) is 6.00. The fourth-order valence-electron chi connectivity index (χ4n) is 2.86. The summed E-state index contributed by atoms with van der Waals surface area (Å²) in [6.45, 7) is 7.46. The zero-order chi connectivity index (χ0) is 13.8. The lowest BCUT2D eigenvalue weighted by Gasteiger charge is -2.25. The lowest BCUT2D eigenvalue weighted by molar-refractivity contribution is 0.0295. The highest BCUT2D eigenvalue weighted by Crippen LogP contribution is 2.38. The second-order valence-corrected chi connectivity index (χ2v) is 5.19. The molecule has 1 aliphatic heterocycles. The summed E-state index contributed by atoms with van der Waals surface area (Å²) >= 11 is 0. The van der Waals surface area contributed by atoms with Crippen LogP contribution in [0.2, 0.25) is 0 Å². The van der Waals surface area contributed by atoms with Gasteiger partial charge in [-0.3, -0.25) is 0 Å². The highest BCUT2D eigenvalue weighted by atomic mass is 16.5. The van der Waals surface area contributed by atoms with Gasteiger partial charge in [0.15, 0.2) is 0 Å². The van der Waals surface area contributed by atoms with Gasteiger partial charge in [0.25, 0.3) is 0 Å². The number of rotatable bonds is 5. The molecule has 0 aromatic heterocycles. The van der Waals surface area contributed by atoms with E-state index in [1.807, 2.05) is 32.0 Å². The standard InChI is InChI=1S/C16H24O3/c1-4-14-12(8-9-19-14)16(17)13-10-11(3)6-7-15(13)18-5-2/h6-7,10,12,14,16-17H,4-5,8-9H2,1-3H3. The van der Waals surface area contributed by atoms with E-state index in [9.17, 15) is 5.11 Å². The molecule has 0 amide bonds. The van der Waals surface area contributed by atoms with Crippen LogP contribution < -0.4 is 4.74 Å². The quantitative estimate of drug-likeness (QED) is 0.887. The highest BCUT2D eigenvalue weighted by molar-refractivity contribution is 5.39. The highest BCUT2D eigenvalue weighted by Gasteiger charge is 2.34. The molecular formula is C16H24O3. The molecular weight excluding hydrogens is 240 g/mol. The van der Waals surface area contributed by atoms with E-state index in [0.717, 1.165) is 36.3 Å². The maximum atomic E-state index is 10.7. The van der Waals surface area contributed by atoms with Crippen LogP contribution in [0.5, 0.6) is 5.75 Å². The molecule has 2 rings (SSSR count). The van der Waals surface area contributed by atoms with Gasteiger partial charge >= 0.3 is 0 Å². The van der Waals surface area contributed by atoms with Crippen molar-refractivity contribution in [3.63, 3.8) is 0 Å². The van der Waals surface area contributed by atoms with Gasteiger partial charge in [0.2, 0.25) is 0 Å². The molecule has 3 atom stereocenters. The first-order valence-electron chi connectivity index (χ1n) is 7.20. The van der Waals surface area contributed by atoms with Crippen LogP contribution in [0.15, 0.2) is 18.2 Å². The Labute approximate surface area is 115 Å². The third-order valence-corrected chi connectivity index (χ3v) is 3.85. The number of hydrogen-bond acceptors (Lipinski definition) is 3. The molecule has 1 aromatic rings. The first-order chi connectivity index (χ1) is 9.17. The first-order valence-corrected chi connectivity index (χ1v) is 7.20. The van der Waals surface area contributed by atoms with E-state index in [0.29, 0.717) is 6.61 Å². The fourth-order valence-corrected chi connectivity index (χ4v) is 2.86. The second kappa shape index (κ2) is 6.40. The Morgan fingerprint density at radius 2 is 2.21 bits per heavy atom. The van der Waals surface area contributed by atoms with E-state index < -0.39 is 6.10 Å². The Bertz CT molecular complexity index is 416. The summed E-state index contributed by atoms with van der Waals surface area (Å²) in [7, 11) is 0. The van der Waals surface area contributed by atoms with Gasteiger partial charge in [-0.15, -0.1) is 0 Å². The minimum Gasteiger partial charge on any atom is -0.493 e. The Kier molecular flexibility index (Phi) is 4.83. The van der Waals surface area contributed by atoms with Gasteiger partial charge in [-0.2, -0.15) is 0 Å². The summed E-state index contributed by atoms with van der Waals surface area (Å²) in [4.78, 5) is 0. The molecule has 3 nitrogen and oxygen atoms in total. The molecule has 1 aliphatic rings. The van der Waals surface area contributed by atoms with E-state index >= 15 is 0 Å². The smallest absolute Gasteiger partial charge is 0.125 e. The zero-order valence-electron chi connectivity index (χ0n) is 12.1. The predicted octanol–water partition coefficient (Wildman–Crippen LogP) is 3.24. The van der Waals surface area contributed by atoms with Crippen molar-refractivity contribution in [2.75, 3.05) is 13.2 Å². The van der Waals surface area contributed by atoms with Crippen molar-refractivity contribution >= 4 is 0 Å². The normalized spacial score (nSPS) is 24.4. The van der Waals surface area contributed by atoms with Crippen molar-refractivity contribution in [1.82, 2.24) is 0 Å². The summed E-state index contributed by atoms with van der Waals surface area (Å²) < 4.78 is 11.3. The third-order valence-electron chi connectivity index (χ3n) is 3.85. The summed E-state index contributed by atoms with van der Waals surface area (Å²) in [5, 5.41) is 10.7. The van der Waals surface area contributed by atoms with Crippen LogP contribution in [0.4, 0.5) is 0 Å². The van der Waals surface area contributed by atoms with Crippen LogP contribution in [0.25, 0.3) is 0 Å². The summed E-state index contributed by atoms with van der Waals surface area (Å²) in [5.74, 6) is 0.966. The maximum Gasteiger partial charge on any atom is 0.125 e. The number of aryl methyl sites for hydroxylation is 1. The van der Waals surface area contributed by atoms with Gasteiger partial charge < -0.3 is 14.6 Å². The number of ether oxygens (including phenoxy) is 2. The molecule has 0 radical (unpaired) electrons. The van der Waals surface area contributed by atoms with Gasteiger partial charge in [-0.1, -0.05) is 18.6 Å². The van der Waals surface area contributed by atoms with Crippen molar-refractivity contribution in [3.8, 4) is 5.75 Å². The lowest BCUT2D eigenvalue weighted by Crippen LogP contribution is -2.22. The molecule has 1 fully saturated rings. The van der Waals surface area contributed by atoms with Gasteiger partial charge in [-0.25, -0.2) is 0 Å². The maximum absolute atomic E-state index is 10.7. The molecule has 3 unspecified atom stereocenters. The van der Waals surface area contributed by atoms with Crippen molar-refractivity contribution < 1.29 is 14.6 Å².